The Morgan fingerprint density at radius 2 is 1.91 bits per heavy atom. The Morgan fingerprint density at radius 1 is 1.13 bits per heavy atom. The van der Waals surface area contributed by atoms with E-state index in [0.717, 1.165) is 17.7 Å². The van der Waals surface area contributed by atoms with Crippen molar-refractivity contribution in [2.45, 2.75) is 6.42 Å². The van der Waals surface area contributed by atoms with Gasteiger partial charge in [-0.1, -0.05) is 35.5 Å². The lowest BCUT2D eigenvalue weighted by atomic mass is 10.1. The standard InChI is InChI=1S/C18H13FN2O2/c19-14-7-3-2-6-13(14)17-11-15(20-23-17)18(22)21-10-9-12-5-1-4-8-16(12)21/h1-8,11H,9-10H2. The molecular weight excluding hydrogens is 295 g/mol. The quantitative estimate of drug-likeness (QED) is 0.725. The first-order valence-electron chi connectivity index (χ1n) is 7.35. The third-order valence-electron chi connectivity index (χ3n) is 4.00. The molecule has 0 N–H and O–H groups in total. The van der Waals surface area contributed by atoms with Crippen LogP contribution in [0.3, 0.4) is 0 Å². The molecular formula is C18H13FN2O2. The number of halogens is 1. The van der Waals surface area contributed by atoms with Gasteiger partial charge in [-0.15, -0.1) is 0 Å². The van der Waals surface area contributed by atoms with Crippen molar-refractivity contribution < 1.29 is 13.7 Å². The van der Waals surface area contributed by atoms with Gasteiger partial charge in [-0.3, -0.25) is 4.79 Å². The average Bonchev–Trinajstić information content (AvgIpc) is 3.22. The monoisotopic (exact) mass is 308 g/mol. The van der Waals surface area contributed by atoms with Gasteiger partial charge < -0.3 is 9.42 Å². The highest BCUT2D eigenvalue weighted by Crippen LogP contribution is 2.30. The van der Waals surface area contributed by atoms with Gasteiger partial charge in [0, 0.05) is 18.3 Å². The first-order valence-corrected chi connectivity index (χ1v) is 7.35. The van der Waals surface area contributed by atoms with Crippen LogP contribution in [0, 0.1) is 5.82 Å². The van der Waals surface area contributed by atoms with E-state index in [1.807, 2.05) is 24.3 Å². The molecule has 0 aliphatic carbocycles. The van der Waals surface area contributed by atoms with E-state index in [9.17, 15) is 9.18 Å². The van der Waals surface area contributed by atoms with Crippen molar-refractivity contribution in [2.24, 2.45) is 0 Å². The molecule has 1 aliphatic heterocycles. The van der Waals surface area contributed by atoms with Gasteiger partial charge in [-0.2, -0.15) is 0 Å². The van der Waals surface area contributed by atoms with Crippen LogP contribution in [0.5, 0.6) is 0 Å². The molecule has 5 heteroatoms. The van der Waals surface area contributed by atoms with E-state index in [1.165, 1.54) is 12.1 Å². The lowest BCUT2D eigenvalue weighted by Gasteiger charge is -2.15. The third-order valence-corrected chi connectivity index (χ3v) is 4.00. The van der Waals surface area contributed by atoms with Gasteiger partial charge in [-0.25, -0.2) is 4.39 Å². The molecule has 2 aromatic carbocycles. The molecule has 0 saturated heterocycles. The molecule has 114 valence electrons. The van der Waals surface area contributed by atoms with E-state index in [0.29, 0.717) is 12.1 Å². The Bertz CT molecular complexity index is 888. The zero-order valence-corrected chi connectivity index (χ0v) is 12.2. The Balaban J connectivity index is 1.65. The highest BCUT2D eigenvalue weighted by atomic mass is 19.1. The minimum atomic E-state index is -0.408. The van der Waals surface area contributed by atoms with Crippen molar-refractivity contribution in [1.29, 1.82) is 0 Å². The molecule has 2 heterocycles. The van der Waals surface area contributed by atoms with Crippen LogP contribution >= 0.6 is 0 Å². The number of anilines is 1. The predicted molar refractivity (Wildman–Crippen MR) is 83.7 cm³/mol. The van der Waals surface area contributed by atoms with Crippen LogP contribution in [-0.4, -0.2) is 17.6 Å². The van der Waals surface area contributed by atoms with Crippen LogP contribution in [0.2, 0.25) is 0 Å². The molecule has 0 bridgehead atoms. The van der Waals surface area contributed by atoms with Gasteiger partial charge in [-0.05, 0) is 30.2 Å². The van der Waals surface area contributed by atoms with Gasteiger partial charge in [0.15, 0.2) is 11.5 Å². The highest BCUT2D eigenvalue weighted by Gasteiger charge is 2.27. The summed E-state index contributed by atoms with van der Waals surface area (Å²) in [6.07, 6.45) is 0.819. The molecule has 4 rings (SSSR count). The second-order valence-electron chi connectivity index (χ2n) is 5.39. The topological polar surface area (TPSA) is 46.3 Å². The normalized spacial score (nSPS) is 13.2. The molecule has 0 atom stereocenters. The summed E-state index contributed by atoms with van der Waals surface area (Å²) in [6.45, 7) is 0.611. The van der Waals surface area contributed by atoms with Crippen LogP contribution in [0.1, 0.15) is 16.1 Å². The maximum atomic E-state index is 13.8. The van der Waals surface area contributed by atoms with E-state index in [-0.39, 0.29) is 17.4 Å². The second kappa shape index (κ2) is 5.35. The summed E-state index contributed by atoms with van der Waals surface area (Å²) in [7, 11) is 0. The zero-order valence-electron chi connectivity index (χ0n) is 12.2. The Hall–Kier alpha value is -2.95. The number of hydrogen-bond acceptors (Lipinski definition) is 3. The van der Waals surface area contributed by atoms with Crippen molar-refractivity contribution in [3.8, 4) is 11.3 Å². The fourth-order valence-electron chi connectivity index (χ4n) is 2.85. The SMILES string of the molecule is O=C(c1cc(-c2ccccc2F)on1)N1CCc2ccccc21. The van der Waals surface area contributed by atoms with Gasteiger partial charge >= 0.3 is 0 Å². The minimum Gasteiger partial charge on any atom is -0.355 e. The molecule has 0 saturated carbocycles. The minimum absolute atomic E-state index is 0.181. The van der Waals surface area contributed by atoms with E-state index in [1.54, 1.807) is 23.1 Å². The van der Waals surface area contributed by atoms with E-state index >= 15 is 0 Å². The molecule has 0 unspecified atom stereocenters. The zero-order chi connectivity index (χ0) is 15.8. The lowest BCUT2D eigenvalue weighted by Crippen LogP contribution is -2.29. The number of benzene rings is 2. The van der Waals surface area contributed by atoms with E-state index < -0.39 is 5.82 Å². The van der Waals surface area contributed by atoms with Crippen molar-refractivity contribution >= 4 is 11.6 Å². The molecule has 1 amide bonds. The predicted octanol–water partition coefficient (Wildman–Crippen LogP) is 3.68. The van der Waals surface area contributed by atoms with Gasteiger partial charge in [0.2, 0.25) is 0 Å². The Morgan fingerprint density at radius 3 is 2.78 bits per heavy atom. The number of fused-ring (bicyclic) bond motifs is 1. The summed E-state index contributed by atoms with van der Waals surface area (Å²) in [5.41, 5.74) is 2.51. The van der Waals surface area contributed by atoms with Gasteiger partial charge in [0.25, 0.3) is 5.91 Å². The largest absolute Gasteiger partial charge is 0.355 e. The number of amides is 1. The second-order valence-corrected chi connectivity index (χ2v) is 5.39. The smallest absolute Gasteiger partial charge is 0.280 e. The summed E-state index contributed by atoms with van der Waals surface area (Å²) in [6, 6.07) is 15.5. The molecule has 0 radical (unpaired) electrons. The number of nitrogens with zero attached hydrogens (tertiary/aromatic N) is 2. The highest BCUT2D eigenvalue weighted by molar-refractivity contribution is 6.06. The number of aromatic nitrogens is 1. The van der Waals surface area contributed by atoms with Crippen molar-refractivity contribution in [3.05, 3.63) is 71.7 Å². The molecule has 1 aliphatic rings. The maximum Gasteiger partial charge on any atom is 0.280 e. The van der Waals surface area contributed by atoms with Crippen LogP contribution in [-0.2, 0) is 6.42 Å². The Labute approximate surface area is 132 Å². The molecule has 23 heavy (non-hydrogen) atoms. The van der Waals surface area contributed by atoms with E-state index in [4.69, 9.17) is 4.52 Å². The summed E-state index contributed by atoms with van der Waals surface area (Å²) in [4.78, 5) is 14.3. The van der Waals surface area contributed by atoms with E-state index in [2.05, 4.69) is 5.16 Å². The Kier molecular flexibility index (Phi) is 3.19. The van der Waals surface area contributed by atoms with Crippen LogP contribution in [0.4, 0.5) is 10.1 Å². The van der Waals surface area contributed by atoms with Crippen molar-refractivity contribution in [1.82, 2.24) is 5.16 Å². The number of carbonyl (C=O) groups excluding carboxylic acids is 1. The fourth-order valence-corrected chi connectivity index (χ4v) is 2.85. The maximum absolute atomic E-state index is 13.8. The van der Waals surface area contributed by atoms with Crippen LogP contribution in [0.25, 0.3) is 11.3 Å². The first kappa shape index (κ1) is 13.7. The average molecular weight is 308 g/mol. The summed E-state index contributed by atoms with van der Waals surface area (Å²) < 4.78 is 19.0. The van der Waals surface area contributed by atoms with Crippen molar-refractivity contribution in [2.75, 3.05) is 11.4 Å². The van der Waals surface area contributed by atoms with Crippen LogP contribution in [0.15, 0.2) is 59.1 Å². The fraction of sp³-hybridized carbons (Fsp3) is 0.111. The van der Waals surface area contributed by atoms with Crippen LogP contribution < -0.4 is 4.90 Å². The number of rotatable bonds is 2. The van der Waals surface area contributed by atoms with Crippen molar-refractivity contribution in [3.63, 3.8) is 0 Å². The number of hydrogen-bond donors (Lipinski definition) is 0. The van der Waals surface area contributed by atoms with Gasteiger partial charge in [0.05, 0.1) is 5.56 Å². The molecule has 3 aromatic rings. The molecule has 0 spiro atoms. The summed E-state index contributed by atoms with van der Waals surface area (Å²) in [5, 5.41) is 3.82. The lowest BCUT2D eigenvalue weighted by molar-refractivity contribution is 0.0981. The third kappa shape index (κ3) is 2.30. The molecule has 0 fully saturated rings. The summed E-state index contributed by atoms with van der Waals surface area (Å²) >= 11 is 0. The first-order chi connectivity index (χ1) is 11.2. The summed E-state index contributed by atoms with van der Waals surface area (Å²) in [5.74, 6) is -0.394. The number of para-hydroxylation sites is 1. The van der Waals surface area contributed by atoms with Gasteiger partial charge in [0.1, 0.15) is 5.82 Å². The molecule has 1 aromatic heterocycles. The number of carbonyl (C=O) groups is 1. The molecule has 4 nitrogen and oxygen atoms in total.